The molecule has 0 aliphatic carbocycles. The minimum atomic E-state index is -0.128. The summed E-state index contributed by atoms with van der Waals surface area (Å²) in [6.45, 7) is 1.30. The Morgan fingerprint density at radius 1 is 1.32 bits per heavy atom. The molecule has 0 bridgehead atoms. The molecule has 1 aromatic rings. The molecule has 2 rings (SSSR count). The van der Waals surface area contributed by atoms with E-state index in [9.17, 15) is 9.59 Å². The highest BCUT2D eigenvalue weighted by Gasteiger charge is 2.22. The maximum atomic E-state index is 11.8. The summed E-state index contributed by atoms with van der Waals surface area (Å²) in [6, 6.07) is 5.68. The highest BCUT2D eigenvalue weighted by molar-refractivity contribution is 8.13. The van der Waals surface area contributed by atoms with Crippen molar-refractivity contribution in [2.45, 2.75) is 6.42 Å². The molecule has 0 atom stereocenters. The highest BCUT2D eigenvalue weighted by atomic mass is 32.2. The second-order valence-electron chi connectivity index (χ2n) is 4.83. The highest BCUT2D eigenvalue weighted by Crippen LogP contribution is 2.27. The molecule has 7 heteroatoms. The fourth-order valence-corrected chi connectivity index (χ4v) is 3.01. The van der Waals surface area contributed by atoms with E-state index in [1.807, 2.05) is 18.2 Å². The standard InChI is InChI=1S/C15H20N2O4S/c1-20-12-4-3-11(9-13(12)21-2)5-6-16-14(18)10-17-7-8-22-15(17)19/h3-4,9H,5-8,10H2,1-2H3,(H,16,18). The van der Waals surface area contributed by atoms with E-state index in [-0.39, 0.29) is 17.7 Å². The molecule has 1 aliphatic rings. The van der Waals surface area contributed by atoms with Gasteiger partial charge in [0.2, 0.25) is 5.91 Å². The Labute approximate surface area is 134 Å². The SMILES string of the molecule is COc1ccc(CCNC(=O)CN2CCSC2=O)cc1OC. The van der Waals surface area contributed by atoms with Gasteiger partial charge in [0, 0.05) is 18.8 Å². The molecule has 2 amide bonds. The lowest BCUT2D eigenvalue weighted by atomic mass is 10.1. The number of nitrogens with zero attached hydrogens (tertiary/aromatic N) is 1. The van der Waals surface area contributed by atoms with Crippen LogP contribution in [-0.4, -0.2) is 55.7 Å². The van der Waals surface area contributed by atoms with Crippen LogP contribution in [0, 0.1) is 0 Å². The topological polar surface area (TPSA) is 67.9 Å². The van der Waals surface area contributed by atoms with E-state index in [0.717, 1.165) is 11.3 Å². The normalized spacial score (nSPS) is 14.1. The molecule has 120 valence electrons. The van der Waals surface area contributed by atoms with Crippen LogP contribution in [0.25, 0.3) is 0 Å². The number of thioether (sulfide) groups is 1. The zero-order chi connectivity index (χ0) is 15.9. The Kier molecular flexibility index (Phi) is 5.94. The second kappa shape index (κ2) is 7.93. The van der Waals surface area contributed by atoms with Crippen molar-refractivity contribution < 1.29 is 19.1 Å². The average molecular weight is 324 g/mol. The summed E-state index contributed by atoms with van der Waals surface area (Å²) in [7, 11) is 3.18. The van der Waals surface area contributed by atoms with E-state index >= 15 is 0 Å². The van der Waals surface area contributed by atoms with Gasteiger partial charge in [0.1, 0.15) is 6.54 Å². The third-order valence-electron chi connectivity index (χ3n) is 3.36. The smallest absolute Gasteiger partial charge is 0.282 e. The molecule has 0 aromatic heterocycles. The number of carbonyl (C=O) groups excluding carboxylic acids is 2. The minimum Gasteiger partial charge on any atom is -0.493 e. The Morgan fingerprint density at radius 3 is 2.73 bits per heavy atom. The molecule has 1 saturated heterocycles. The number of hydrogen-bond donors (Lipinski definition) is 1. The van der Waals surface area contributed by atoms with Crippen LogP contribution >= 0.6 is 11.8 Å². The summed E-state index contributed by atoms with van der Waals surface area (Å²) >= 11 is 1.26. The zero-order valence-electron chi connectivity index (χ0n) is 12.8. The van der Waals surface area contributed by atoms with Gasteiger partial charge in [-0.15, -0.1) is 0 Å². The van der Waals surface area contributed by atoms with Crippen LogP contribution in [0.2, 0.25) is 0 Å². The lowest BCUT2D eigenvalue weighted by molar-refractivity contribution is -0.121. The maximum absolute atomic E-state index is 11.8. The molecule has 1 heterocycles. The van der Waals surface area contributed by atoms with Crippen molar-refractivity contribution >= 4 is 22.9 Å². The van der Waals surface area contributed by atoms with E-state index in [2.05, 4.69) is 5.32 Å². The van der Waals surface area contributed by atoms with Gasteiger partial charge in [0.25, 0.3) is 5.24 Å². The van der Waals surface area contributed by atoms with E-state index in [4.69, 9.17) is 9.47 Å². The van der Waals surface area contributed by atoms with E-state index in [0.29, 0.717) is 31.0 Å². The van der Waals surface area contributed by atoms with Gasteiger partial charge in [-0.2, -0.15) is 0 Å². The van der Waals surface area contributed by atoms with Gasteiger partial charge in [-0.25, -0.2) is 0 Å². The summed E-state index contributed by atoms with van der Waals surface area (Å²) in [6.07, 6.45) is 0.689. The molecular formula is C15H20N2O4S. The summed E-state index contributed by atoms with van der Waals surface area (Å²) < 4.78 is 10.4. The number of rotatable bonds is 7. The van der Waals surface area contributed by atoms with Gasteiger partial charge in [0.15, 0.2) is 11.5 Å². The summed E-state index contributed by atoms with van der Waals surface area (Å²) in [5, 5.41) is 2.81. The largest absolute Gasteiger partial charge is 0.493 e. The third kappa shape index (κ3) is 4.30. The molecule has 0 saturated carbocycles. The Hall–Kier alpha value is -1.89. The predicted octanol–water partition coefficient (Wildman–Crippen LogP) is 1.53. The molecule has 0 unspecified atom stereocenters. The van der Waals surface area contributed by atoms with Gasteiger partial charge in [-0.05, 0) is 24.1 Å². The van der Waals surface area contributed by atoms with Crippen LogP contribution in [0.5, 0.6) is 11.5 Å². The van der Waals surface area contributed by atoms with Crippen LogP contribution in [0.1, 0.15) is 5.56 Å². The van der Waals surface area contributed by atoms with Crippen molar-refractivity contribution in [2.75, 3.05) is 39.6 Å². The number of methoxy groups -OCH3 is 2. The summed E-state index contributed by atoms with van der Waals surface area (Å²) in [5.74, 6) is 1.99. The lowest BCUT2D eigenvalue weighted by Gasteiger charge is -2.14. The number of amides is 2. The van der Waals surface area contributed by atoms with E-state index in [1.165, 1.54) is 11.8 Å². The molecule has 1 aliphatic heterocycles. The van der Waals surface area contributed by atoms with Crippen molar-refractivity contribution in [3.63, 3.8) is 0 Å². The Morgan fingerprint density at radius 2 is 2.09 bits per heavy atom. The number of benzene rings is 1. The van der Waals surface area contributed by atoms with Crippen molar-refractivity contribution in [1.29, 1.82) is 0 Å². The molecular weight excluding hydrogens is 304 g/mol. The predicted molar refractivity (Wildman–Crippen MR) is 85.7 cm³/mol. The zero-order valence-corrected chi connectivity index (χ0v) is 13.6. The fourth-order valence-electron chi connectivity index (χ4n) is 2.18. The van der Waals surface area contributed by atoms with Crippen LogP contribution in [0.3, 0.4) is 0 Å². The average Bonchev–Trinajstić information content (AvgIpc) is 2.92. The van der Waals surface area contributed by atoms with Crippen molar-refractivity contribution in [3.05, 3.63) is 23.8 Å². The lowest BCUT2D eigenvalue weighted by Crippen LogP contribution is -2.38. The number of hydrogen-bond acceptors (Lipinski definition) is 5. The van der Waals surface area contributed by atoms with Crippen molar-refractivity contribution in [2.24, 2.45) is 0 Å². The Bertz CT molecular complexity index is 550. The van der Waals surface area contributed by atoms with E-state index in [1.54, 1.807) is 19.1 Å². The number of nitrogens with one attached hydrogen (secondary N) is 1. The van der Waals surface area contributed by atoms with Crippen LogP contribution in [0.15, 0.2) is 18.2 Å². The van der Waals surface area contributed by atoms with Gasteiger partial charge < -0.3 is 19.7 Å². The first-order valence-corrected chi connectivity index (χ1v) is 8.02. The van der Waals surface area contributed by atoms with Gasteiger partial charge >= 0.3 is 0 Å². The first-order valence-electron chi connectivity index (χ1n) is 7.03. The molecule has 0 radical (unpaired) electrons. The molecule has 0 spiro atoms. The molecule has 1 aromatic carbocycles. The quantitative estimate of drug-likeness (QED) is 0.824. The minimum absolute atomic E-state index is 0.0185. The first-order chi connectivity index (χ1) is 10.6. The molecule has 1 N–H and O–H groups in total. The van der Waals surface area contributed by atoms with Crippen LogP contribution in [0.4, 0.5) is 4.79 Å². The van der Waals surface area contributed by atoms with Gasteiger partial charge in [-0.1, -0.05) is 17.8 Å². The van der Waals surface area contributed by atoms with Crippen LogP contribution in [-0.2, 0) is 11.2 Å². The summed E-state index contributed by atoms with van der Waals surface area (Å²) in [4.78, 5) is 24.8. The van der Waals surface area contributed by atoms with Crippen LogP contribution < -0.4 is 14.8 Å². The van der Waals surface area contributed by atoms with Crippen molar-refractivity contribution in [3.8, 4) is 11.5 Å². The summed E-state index contributed by atoms with van der Waals surface area (Å²) in [5.41, 5.74) is 1.05. The Balaban J connectivity index is 1.78. The van der Waals surface area contributed by atoms with Crippen molar-refractivity contribution in [1.82, 2.24) is 10.2 Å². The monoisotopic (exact) mass is 324 g/mol. The molecule has 1 fully saturated rings. The maximum Gasteiger partial charge on any atom is 0.282 e. The van der Waals surface area contributed by atoms with Gasteiger partial charge in [0.05, 0.1) is 14.2 Å². The fraction of sp³-hybridized carbons (Fsp3) is 0.467. The number of carbonyl (C=O) groups is 2. The van der Waals surface area contributed by atoms with E-state index < -0.39 is 0 Å². The molecule has 22 heavy (non-hydrogen) atoms. The first kappa shape index (κ1) is 16.5. The third-order valence-corrected chi connectivity index (χ3v) is 4.26. The second-order valence-corrected chi connectivity index (χ2v) is 5.87. The number of ether oxygens (including phenoxy) is 2. The van der Waals surface area contributed by atoms with Gasteiger partial charge in [-0.3, -0.25) is 9.59 Å². The molecule has 6 nitrogen and oxygen atoms in total.